The highest BCUT2D eigenvalue weighted by molar-refractivity contribution is 9.10. The van der Waals surface area contributed by atoms with E-state index in [4.69, 9.17) is 9.47 Å². The third kappa shape index (κ3) is 4.95. The van der Waals surface area contributed by atoms with Gasteiger partial charge in [0.1, 0.15) is 0 Å². The third-order valence-electron chi connectivity index (χ3n) is 4.00. The van der Waals surface area contributed by atoms with Crippen molar-refractivity contribution in [1.29, 1.82) is 0 Å². The average Bonchev–Trinajstić information content (AvgIpc) is 2.67. The van der Waals surface area contributed by atoms with Crippen molar-refractivity contribution in [3.63, 3.8) is 0 Å². The van der Waals surface area contributed by atoms with Gasteiger partial charge in [0.15, 0.2) is 12.4 Å². The summed E-state index contributed by atoms with van der Waals surface area (Å²) >= 11 is 3.53. The zero-order valence-corrected chi connectivity index (χ0v) is 16.0. The summed E-state index contributed by atoms with van der Waals surface area (Å²) in [5.41, 5.74) is 1.46. The van der Waals surface area contributed by atoms with E-state index in [0.29, 0.717) is 18.9 Å². The van der Waals surface area contributed by atoms with E-state index in [9.17, 15) is 14.9 Å². The zero-order valence-electron chi connectivity index (χ0n) is 14.4. The minimum atomic E-state index is -0.547. The Kier molecular flexibility index (Phi) is 6.25. The van der Waals surface area contributed by atoms with Crippen LogP contribution >= 0.6 is 15.9 Å². The van der Waals surface area contributed by atoms with Crippen molar-refractivity contribution in [1.82, 2.24) is 0 Å². The van der Waals surface area contributed by atoms with Crippen molar-refractivity contribution < 1.29 is 19.2 Å². The fourth-order valence-electron chi connectivity index (χ4n) is 2.72. The SMILES string of the molecule is O=C(COc1ccccc1[N+](=O)[O-])Nc1ccc(N2CCOCC2)c(Br)c1. The van der Waals surface area contributed by atoms with E-state index in [1.54, 1.807) is 18.2 Å². The number of hydrogen-bond donors (Lipinski definition) is 1. The Morgan fingerprint density at radius 2 is 2.00 bits per heavy atom. The van der Waals surface area contributed by atoms with Crippen molar-refractivity contribution in [2.24, 2.45) is 0 Å². The summed E-state index contributed by atoms with van der Waals surface area (Å²) in [5, 5.41) is 13.7. The number of nitro groups is 1. The second kappa shape index (κ2) is 8.83. The predicted octanol–water partition coefficient (Wildman–Crippen LogP) is 3.21. The number of amides is 1. The number of anilines is 2. The van der Waals surface area contributed by atoms with Gasteiger partial charge in [0.05, 0.1) is 23.8 Å². The molecule has 0 bridgehead atoms. The zero-order chi connectivity index (χ0) is 19.2. The molecular weight excluding hydrogens is 418 g/mol. The molecule has 142 valence electrons. The number of benzene rings is 2. The van der Waals surface area contributed by atoms with Gasteiger partial charge in [0, 0.05) is 29.3 Å². The smallest absolute Gasteiger partial charge is 0.310 e. The number of carbonyl (C=O) groups is 1. The van der Waals surface area contributed by atoms with Crippen LogP contribution in [-0.4, -0.2) is 43.7 Å². The minimum Gasteiger partial charge on any atom is -0.477 e. The predicted molar refractivity (Wildman–Crippen MR) is 104 cm³/mol. The van der Waals surface area contributed by atoms with Crippen LogP contribution in [0.4, 0.5) is 17.1 Å². The van der Waals surface area contributed by atoms with Gasteiger partial charge in [-0.15, -0.1) is 0 Å². The van der Waals surface area contributed by atoms with Gasteiger partial charge >= 0.3 is 5.69 Å². The summed E-state index contributed by atoms with van der Waals surface area (Å²) < 4.78 is 11.5. The maximum atomic E-state index is 12.1. The molecule has 2 aromatic rings. The van der Waals surface area contributed by atoms with Gasteiger partial charge in [-0.05, 0) is 40.2 Å². The molecule has 2 aromatic carbocycles. The molecule has 27 heavy (non-hydrogen) atoms. The van der Waals surface area contributed by atoms with Crippen LogP contribution in [0.15, 0.2) is 46.9 Å². The fourth-order valence-corrected chi connectivity index (χ4v) is 3.35. The Hall–Kier alpha value is -2.65. The molecule has 0 spiro atoms. The number of carbonyl (C=O) groups excluding carboxylic acids is 1. The summed E-state index contributed by atoms with van der Waals surface area (Å²) in [6, 6.07) is 11.5. The molecule has 1 aliphatic heterocycles. The van der Waals surface area contributed by atoms with Gasteiger partial charge < -0.3 is 19.7 Å². The van der Waals surface area contributed by atoms with Gasteiger partial charge in [-0.25, -0.2) is 0 Å². The molecule has 1 fully saturated rings. The molecule has 1 N–H and O–H groups in total. The maximum Gasteiger partial charge on any atom is 0.310 e. The average molecular weight is 436 g/mol. The second-order valence-corrected chi connectivity index (χ2v) is 6.68. The molecule has 3 rings (SSSR count). The molecule has 9 heteroatoms. The number of ether oxygens (including phenoxy) is 2. The molecule has 0 atom stereocenters. The first-order chi connectivity index (χ1) is 13.0. The van der Waals surface area contributed by atoms with Crippen LogP contribution in [0.1, 0.15) is 0 Å². The van der Waals surface area contributed by atoms with E-state index < -0.39 is 10.8 Å². The van der Waals surface area contributed by atoms with Gasteiger partial charge in [0.25, 0.3) is 5.91 Å². The summed E-state index contributed by atoms with van der Waals surface area (Å²) in [5.74, 6) is -0.347. The van der Waals surface area contributed by atoms with Crippen LogP contribution in [0, 0.1) is 10.1 Å². The summed E-state index contributed by atoms with van der Waals surface area (Å²) in [6.07, 6.45) is 0. The number of nitrogens with one attached hydrogen (secondary N) is 1. The highest BCUT2D eigenvalue weighted by Crippen LogP contribution is 2.30. The number of rotatable bonds is 6. The van der Waals surface area contributed by atoms with E-state index in [2.05, 4.69) is 26.1 Å². The van der Waals surface area contributed by atoms with Crippen LogP contribution < -0.4 is 15.0 Å². The molecule has 1 aliphatic rings. The number of para-hydroxylation sites is 2. The van der Waals surface area contributed by atoms with Crippen LogP contribution in [0.5, 0.6) is 5.75 Å². The lowest BCUT2D eigenvalue weighted by Gasteiger charge is -2.29. The molecule has 0 aromatic heterocycles. The topological polar surface area (TPSA) is 93.9 Å². The molecule has 0 unspecified atom stereocenters. The molecule has 1 amide bonds. The van der Waals surface area contributed by atoms with Crippen molar-refractivity contribution in [3.8, 4) is 5.75 Å². The van der Waals surface area contributed by atoms with Crippen molar-refractivity contribution in [2.45, 2.75) is 0 Å². The Bertz CT molecular complexity index is 839. The Balaban J connectivity index is 1.59. The number of hydrogen-bond acceptors (Lipinski definition) is 6. The normalized spacial score (nSPS) is 13.9. The first-order valence-corrected chi connectivity index (χ1v) is 9.12. The Morgan fingerprint density at radius 3 is 2.70 bits per heavy atom. The number of halogens is 1. The summed E-state index contributed by atoms with van der Waals surface area (Å²) in [4.78, 5) is 24.7. The molecule has 0 aliphatic carbocycles. The maximum absolute atomic E-state index is 12.1. The standard InChI is InChI=1S/C18H18BrN3O5/c19-14-11-13(5-6-15(14)21-7-9-26-10-8-21)20-18(23)12-27-17-4-2-1-3-16(17)22(24)25/h1-6,11H,7-10,12H2,(H,20,23). The first-order valence-electron chi connectivity index (χ1n) is 8.33. The molecule has 0 radical (unpaired) electrons. The van der Waals surface area contributed by atoms with Crippen LogP contribution in [0.25, 0.3) is 0 Å². The van der Waals surface area contributed by atoms with Gasteiger partial charge in [-0.3, -0.25) is 14.9 Å². The molecule has 1 saturated heterocycles. The number of nitro benzene ring substituents is 1. The Morgan fingerprint density at radius 1 is 1.26 bits per heavy atom. The van der Waals surface area contributed by atoms with Crippen molar-refractivity contribution >= 4 is 38.9 Å². The number of nitrogens with zero attached hydrogens (tertiary/aromatic N) is 2. The van der Waals surface area contributed by atoms with Crippen molar-refractivity contribution in [2.75, 3.05) is 43.1 Å². The summed E-state index contributed by atoms with van der Waals surface area (Å²) in [7, 11) is 0. The van der Waals surface area contributed by atoms with E-state index in [-0.39, 0.29) is 18.0 Å². The van der Waals surface area contributed by atoms with Crippen LogP contribution in [0.2, 0.25) is 0 Å². The number of morpholine rings is 1. The Labute approximate surface area is 164 Å². The van der Waals surface area contributed by atoms with Crippen LogP contribution in [0.3, 0.4) is 0 Å². The monoisotopic (exact) mass is 435 g/mol. The molecular formula is C18H18BrN3O5. The molecule has 1 heterocycles. The quantitative estimate of drug-likeness (QED) is 0.552. The van der Waals surface area contributed by atoms with E-state index in [1.165, 1.54) is 12.1 Å². The van der Waals surface area contributed by atoms with Gasteiger partial charge in [-0.1, -0.05) is 12.1 Å². The largest absolute Gasteiger partial charge is 0.477 e. The van der Waals surface area contributed by atoms with E-state index in [1.807, 2.05) is 12.1 Å². The fraction of sp³-hybridized carbons (Fsp3) is 0.278. The molecule has 8 nitrogen and oxygen atoms in total. The lowest BCUT2D eigenvalue weighted by Crippen LogP contribution is -2.36. The van der Waals surface area contributed by atoms with Gasteiger partial charge in [-0.2, -0.15) is 0 Å². The summed E-state index contributed by atoms with van der Waals surface area (Å²) in [6.45, 7) is 2.68. The second-order valence-electron chi connectivity index (χ2n) is 5.83. The minimum absolute atomic E-state index is 0.0569. The lowest BCUT2D eigenvalue weighted by atomic mass is 10.2. The van der Waals surface area contributed by atoms with E-state index in [0.717, 1.165) is 23.2 Å². The highest BCUT2D eigenvalue weighted by Gasteiger charge is 2.16. The van der Waals surface area contributed by atoms with Crippen molar-refractivity contribution in [3.05, 3.63) is 57.1 Å². The van der Waals surface area contributed by atoms with E-state index >= 15 is 0 Å². The third-order valence-corrected chi connectivity index (χ3v) is 4.64. The highest BCUT2D eigenvalue weighted by atomic mass is 79.9. The molecule has 0 saturated carbocycles. The first kappa shape index (κ1) is 19.1. The lowest BCUT2D eigenvalue weighted by molar-refractivity contribution is -0.385. The van der Waals surface area contributed by atoms with Gasteiger partial charge in [0.2, 0.25) is 0 Å². The van der Waals surface area contributed by atoms with Crippen LogP contribution in [-0.2, 0) is 9.53 Å².